The van der Waals surface area contributed by atoms with Crippen molar-refractivity contribution in [3.8, 4) is 0 Å². The van der Waals surface area contributed by atoms with Crippen LogP contribution in [0.1, 0.15) is 11.1 Å². The number of rotatable bonds is 3. The number of hydrogen-bond acceptors (Lipinski definition) is 4. The van der Waals surface area contributed by atoms with Gasteiger partial charge in [0, 0.05) is 37.7 Å². The lowest BCUT2D eigenvalue weighted by molar-refractivity contribution is 0.250. The van der Waals surface area contributed by atoms with Crippen molar-refractivity contribution in [2.75, 3.05) is 31.1 Å². The van der Waals surface area contributed by atoms with Gasteiger partial charge < -0.3 is 4.90 Å². The van der Waals surface area contributed by atoms with Crippen LogP contribution in [0.4, 0.5) is 5.13 Å². The van der Waals surface area contributed by atoms with Gasteiger partial charge >= 0.3 is 0 Å². The lowest BCUT2D eigenvalue weighted by atomic mass is 10.1. The van der Waals surface area contributed by atoms with Crippen molar-refractivity contribution in [2.24, 2.45) is 0 Å². The van der Waals surface area contributed by atoms with E-state index in [1.165, 1.54) is 15.8 Å². The highest BCUT2D eigenvalue weighted by molar-refractivity contribution is 7.22. The molecule has 1 saturated heterocycles. The van der Waals surface area contributed by atoms with Crippen LogP contribution < -0.4 is 4.90 Å². The minimum atomic E-state index is 0.778. The summed E-state index contributed by atoms with van der Waals surface area (Å²) >= 11 is 7.82. The number of halogens is 1. The molecule has 0 atom stereocenters. The van der Waals surface area contributed by atoms with Gasteiger partial charge in [-0.05, 0) is 30.7 Å². The van der Waals surface area contributed by atoms with Gasteiger partial charge in [0.25, 0.3) is 0 Å². The Labute approximate surface area is 151 Å². The van der Waals surface area contributed by atoms with Crippen LogP contribution >= 0.6 is 22.9 Å². The number of aryl methyl sites for hydroxylation is 1. The minimum absolute atomic E-state index is 0.778. The maximum Gasteiger partial charge on any atom is 0.186 e. The molecule has 2 aromatic carbocycles. The van der Waals surface area contributed by atoms with E-state index in [0.29, 0.717) is 0 Å². The average Bonchev–Trinajstić information content (AvgIpc) is 2.98. The summed E-state index contributed by atoms with van der Waals surface area (Å²) in [5.41, 5.74) is 3.78. The zero-order chi connectivity index (χ0) is 16.5. The molecule has 3 nitrogen and oxygen atoms in total. The second kappa shape index (κ2) is 6.71. The van der Waals surface area contributed by atoms with Crippen LogP contribution in [-0.4, -0.2) is 36.1 Å². The molecule has 1 aliphatic heterocycles. The fourth-order valence-corrected chi connectivity index (χ4v) is 4.48. The Morgan fingerprint density at radius 2 is 1.92 bits per heavy atom. The predicted octanol–water partition coefficient (Wildman–Crippen LogP) is 4.58. The van der Waals surface area contributed by atoms with Crippen LogP contribution in [0.5, 0.6) is 0 Å². The molecular formula is C19H20ClN3S. The highest BCUT2D eigenvalue weighted by Gasteiger charge is 2.20. The van der Waals surface area contributed by atoms with E-state index in [1.807, 2.05) is 18.2 Å². The highest BCUT2D eigenvalue weighted by atomic mass is 35.5. The van der Waals surface area contributed by atoms with Gasteiger partial charge in [-0.25, -0.2) is 4.98 Å². The van der Waals surface area contributed by atoms with Crippen LogP contribution in [-0.2, 0) is 6.54 Å². The molecule has 0 amide bonds. The predicted molar refractivity (Wildman–Crippen MR) is 103 cm³/mol. The van der Waals surface area contributed by atoms with E-state index in [2.05, 4.69) is 41.0 Å². The molecule has 1 fully saturated rings. The molecule has 5 heteroatoms. The third-order valence-electron chi connectivity index (χ3n) is 4.47. The van der Waals surface area contributed by atoms with Crippen LogP contribution in [0.3, 0.4) is 0 Å². The second-order valence-electron chi connectivity index (χ2n) is 6.36. The van der Waals surface area contributed by atoms with Gasteiger partial charge in [0.2, 0.25) is 0 Å². The van der Waals surface area contributed by atoms with Crippen molar-refractivity contribution in [1.82, 2.24) is 9.88 Å². The Kier molecular flexibility index (Phi) is 4.44. The van der Waals surface area contributed by atoms with Crippen molar-refractivity contribution in [1.29, 1.82) is 0 Å². The molecule has 1 aliphatic rings. The van der Waals surface area contributed by atoms with E-state index >= 15 is 0 Å². The third kappa shape index (κ3) is 3.41. The van der Waals surface area contributed by atoms with E-state index < -0.39 is 0 Å². The van der Waals surface area contributed by atoms with Crippen molar-refractivity contribution in [3.05, 3.63) is 58.6 Å². The van der Waals surface area contributed by atoms with Gasteiger partial charge in [-0.1, -0.05) is 52.8 Å². The van der Waals surface area contributed by atoms with E-state index in [0.717, 1.165) is 48.4 Å². The molecular weight excluding hydrogens is 338 g/mol. The first-order valence-corrected chi connectivity index (χ1v) is 9.46. The zero-order valence-corrected chi connectivity index (χ0v) is 15.3. The zero-order valence-electron chi connectivity index (χ0n) is 13.7. The quantitative estimate of drug-likeness (QED) is 0.684. The molecule has 24 heavy (non-hydrogen) atoms. The first kappa shape index (κ1) is 15.9. The number of thiazole rings is 1. The molecule has 0 N–H and O–H groups in total. The van der Waals surface area contributed by atoms with Crippen molar-refractivity contribution in [3.63, 3.8) is 0 Å². The van der Waals surface area contributed by atoms with Gasteiger partial charge in [-0.15, -0.1) is 0 Å². The third-order valence-corrected chi connectivity index (χ3v) is 5.78. The van der Waals surface area contributed by atoms with Crippen molar-refractivity contribution < 1.29 is 0 Å². The first-order chi connectivity index (χ1) is 11.7. The molecule has 0 radical (unpaired) electrons. The van der Waals surface area contributed by atoms with Gasteiger partial charge in [0.15, 0.2) is 5.13 Å². The molecule has 0 saturated carbocycles. The molecule has 1 aromatic heterocycles. The second-order valence-corrected chi connectivity index (χ2v) is 7.81. The summed E-state index contributed by atoms with van der Waals surface area (Å²) in [5.74, 6) is 0. The number of aromatic nitrogens is 1. The normalized spacial score (nSPS) is 16.0. The summed E-state index contributed by atoms with van der Waals surface area (Å²) < 4.78 is 1.17. The standard InChI is InChI=1S/C19H20ClN3S/c1-14-3-2-4-15(11-14)13-22-7-9-23(10-8-22)19-21-17-6-5-16(20)12-18(17)24-19/h2-6,11-12H,7-10,13H2,1H3. The Bertz CT molecular complexity index is 853. The smallest absolute Gasteiger partial charge is 0.186 e. The molecule has 3 aromatic rings. The number of fused-ring (bicyclic) bond motifs is 1. The summed E-state index contributed by atoms with van der Waals surface area (Å²) in [6, 6.07) is 14.7. The first-order valence-electron chi connectivity index (χ1n) is 8.26. The van der Waals surface area contributed by atoms with Gasteiger partial charge in [-0.2, -0.15) is 0 Å². The van der Waals surface area contributed by atoms with E-state index in [9.17, 15) is 0 Å². The lowest BCUT2D eigenvalue weighted by Crippen LogP contribution is -2.45. The largest absolute Gasteiger partial charge is 0.345 e. The van der Waals surface area contributed by atoms with Gasteiger partial charge in [-0.3, -0.25) is 4.90 Å². The van der Waals surface area contributed by atoms with Crippen molar-refractivity contribution >= 4 is 38.3 Å². The Hall–Kier alpha value is -1.62. The molecule has 124 valence electrons. The number of benzene rings is 2. The topological polar surface area (TPSA) is 19.4 Å². The van der Waals surface area contributed by atoms with E-state index in [1.54, 1.807) is 11.3 Å². The molecule has 0 unspecified atom stereocenters. The molecule has 0 bridgehead atoms. The maximum atomic E-state index is 6.08. The highest BCUT2D eigenvalue weighted by Crippen LogP contribution is 2.31. The fourth-order valence-electron chi connectivity index (χ4n) is 3.19. The monoisotopic (exact) mass is 357 g/mol. The molecule has 0 aliphatic carbocycles. The van der Waals surface area contributed by atoms with Crippen LogP contribution in [0.2, 0.25) is 5.02 Å². The number of hydrogen-bond donors (Lipinski definition) is 0. The van der Waals surface area contributed by atoms with Crippen LogP contribution in [0.25, 0.3) is 10.2 Å². The SMILES string of the molecule is Cc1cccc(CN2CCN(c3nc4ccc(Cl)cc4s3)CC2)c1. The Morgan fingerprint density at radius 1 is 1.08 bits per heavy atom. The summed E-state index contributed by atoms with van der Waals surface area (Å²) in [4.78, 5) is 9.68. The maximum absolute atomic E-state index is 6.08. The fraction of sp³-hybridized carbons (Fsp3) is 0.316. The summed E-state index contributed by atoms with van der Waals surface area (Å²) in [5, 5.41) is 1.89. The summed E-state index contributed by atoms with van der Waals surface area (Å²) in [6.45, 7) is 7.39. The number of piperazine rings is 1. The number of nitrogens with zero attached hydrogens (tertiary/aromatic N) is 3. The van der Waals surface area contributed by atoms with Gasteiger partial charge in [0.1, 0.15) is 0 Å². The molecule has 0 spiro atoms. The van der Waals surface area contributed by atoms with Crippen LogP contribution in [0, 0.1) is 6.92 Å². The Balaban J connectivity index is 1.41. The average molecular weight is 358 g/mol. The van der Waals surface area contributed by atoms with E-state index in [-0.39, 0.29) is 0 Å². The lowest BCUT2D eigenvalue weighted by Gasteiger charge is -2.34. The van der Waals surface area contributed by atoms with E-state index in [4.69, 9.17) is 16.6 Å². The van der Waals surface area contributed by atoms with Gasteiger partial charge in [0.05, 0.1) is 10.2 Å². The molecule has 4 rings (SSSR count). The van der Waals surface area contributed by atoms with Crippen molar-refractivity contribution in [2.45, 2.75) is 13.5 Å². The number of anilines is 1. The van der Waals surface area contributed by atoms with Crippen LogP contribution in [0.15, 0.2) is 42.5 Å². The summed E-state index contributed by atoms with van der Waals surface area (Å²) in [7, 11) is 0. The summed E-state index contributed by atoms with van der Waals surface area (Å²) in [6.07, 6.45) is 0. The minimum Gasteiger partial charge on any atom is -0.345 e. The Morgan fingerprint density at radius 3 is 2.71 bits per heavy atom. The molecule has 2 heterocycles.